The van der Waals surface area contributed by atoms with Crippen LogP contribution in [0.15, 0.2) is 24.3 Å². The number of likely N-dealkylation sites (N-methyl/N-ethyl adjacent to an activating group) is 2. The Hall–Kier alpha value is -2.77. The SMILES string of the molecule is CCC(C)C(C(CC(=O)N1CCC[C@H]1C(OC)C(C)C(=O)NCCc1ccc(Cl)cc1)OC)N(C)C(=O)C(CCN)NC(=O)C(C(C)C)N(C)C. The van der Waals surface area contributed by atoms with Crippen molar-refractivity contribution in [2.75, 3.05) is 55.0 Å². The molecule has 0 radical (unpaired) electrons. The smallest absolute Gasteiger partial charge is 0.245 e. The van der Waals surface area contributed by atoms with Gasteiger partial charge in [0.2, 0.25) is 23.6 Å². The molecule has 0 bridgehead atoms. The number of hydrogen-bond donors (Lipinski definition) is 3. The zero-order valence-electron chi connectivity index (χ0n) is 32.6. The normalized spacial score (nSPS) is 18.9. The van der Waals surface area contributed by atoms with E-state index in [0.29, 0.717) is 31.0 Å². The molecule has 1 aromatic carbocycles. The summed E-state index contributed by atoms with van der Waals surface area (Å²) in [7, 11) is 8.54. The fourth-order valence-corrected chi connectivity index (χ4v) is 7.63. The summed E-state index contributed by atoms with van der Waals surface area (Å²) < 4.78 is 11.9. The van der Waals surface area contributed by atoms with Crippen molar-refractivity contribution in [2.24, 2.45) is 23.5 Å². The molecule has 1 saturated heterocycles. The maximum Gasteiger partial charge on any atom is 0.245 e. The minimum Gasteiger partial charge on any atom is -0.379 e. The Kier molecular flexibility index (Phi) is 18.9. The number of nitrogens with one attached hydrogen (secondary N) is 2. The first-order chi connectivity index (χ1) is 24.1. The van der Waals surface area contributed by atoms with E-state index >= 15 is 0 Å². The number of hydrogen-bond acceptors (Lipinski definition) is 8. The molecule has 1 heterocycles. The Morgan fingerprint density at radius 2 is 1.67 bits per heavy atom. The van der Waals surface area contributed by atoms with E-state index in [1.54, 1.807) is 26.2 Å². The molecule has 13 heteroatoms. The topological polar surface area (TPSA) is 147 Å². The molecule has 0 saturated carbocycles. The zero-order valence-corrected chi connectivity index (χ0v) is 33.4. The predicted octanol–water partition coefficient (Wildman–Crippen LogP) is 3.34. The van der Waals surface area contributed by atoms with Gasteiger partial charge < -0.3 is 35.6 Å². The number of likely N-dealkylation sites (tertiary alicyclic amines) is 1. The molecule has 4 N–H and O–H groups in total. The minimum absolute atomic E-state index is 0.0196. The van der Waals surface area contributed by atoms with Crippen molar-refractivity contribution in [3.05, 3.63) is 34.9 Å². The lowest BCUT2D eigenvalue weighted by atomic mass is 9.90. The van der Waals surface area contributed by atoms with E-state index in [1.165, 1.54) is 0 Å². The molecule has 2 rings (SSSR count). The number of halogens is 1. The average Bonchev–Trinajstić information content (AvgIpc) is 3.57. The van der Waals surface area contributed by atoms with Crippen LogP contribution in [0.25, 0.3) is 0 Å². The van der Waals surface area contributed by atoms with E-state index in [9.17, 15) is 19.2 Å². The lowest BCUT2D eigenvalue weighted by molar-refractivity contribution is -0.147. The van der Waals surface area contributed by atoms with Crippen LogP contribution in [0.1, 0.15) is 72.3 Å². The van der Waals surface area contributed by atoms with Gasteiger partial charge in [-0.3, -0.25) is 24.1 Å². The molecule has 1 aliphatic heterocycles. The second-order valence-electron chi connectivity index (χ2n) is 14.5. The van der Waals surface area contributed by atoms with Crippen LogP contribution in [0, 0.1) is 17.8 Å². The number of benzene rings is 1. The zero-order chi connectivity index (χ0) is 38.4. The van der Waals surface area contributed by atoms with Gasteiger partial charge in [0, 0.05) is 39.4 Å². The molecule has 0 spiro atoms. The highest BCUT2D eigenvalue weighted by Gasteiger charge is 2.42. The van der Waals surface area contributed by atoms with E-state index in [2.05, 4.69) is 10.6 Å². The number of ether oxygens (including phenoxy) is 2. The molecular formula is C38H65ClN6O6. The predicted molar refractivity (Wildman–Crippen MR) is 202 cm³/mol. The van der Waals surface area contributed by atoms with Gasteiger partial charge >= 0.3 is 0 Å². The van der Waals surface area contributed by atoms with Gasteiger partial charge in [0.15, 0.2) is 0 Å². The molecule has 0 aromatic heterocycles. The Labute approximate surface area is 311 Å². The number of carbonyl (C=O) groups is 4. The number of amides is 4. The lowest BCUT2D eigenvalue weighted by Crippen LogP contribution is -2.58. The molecule has 12 nitrogen and oxygen atoms in total. The number of nitrogens with two attached hydrogens (primary N) is 1. The van der Waals surface area contributed by atoms with Crippen LogP contribution in [0.4, 0.5) is 0 Å². The van der Waals surface area contributed by atoms with Gasteiger partial charge in [-0.25, -0.2) is 0 Å². The molecule has 1 aromatic rings. The lowest BCUT2D eigenvalue weighted by Gasteiger charge is -2.40. The Balaban J connectivity index is 2.20. The number of nitrogens with zero attached hydrogens (tertiary/aromatic N) is 3. The number of methoxy groups -OCH3 is 2. The molecular weight excluding hydrogens is 672 g/mol. The molecule has 1 aliphatic rings. The van der Waals surface area contributed by atoms with Crippen LogP contribution in [-0.4, -0.2) is 130 Å². The fourth-order valence-electron chi connectivity index (χ4n) is 7.51. The third-order valence-electron chi connectivity index (χ3n) is 10.4. The molecule has 7 unspecified atom stereocenters. The highest BCUT2D eigenvalue weighted by Crippen LogP contribution is 2.29. The summed E-state index contributed by atoms with van der Waals surface area (Å²) in [6.07, 6.45) is 2.11. The molecule has 4 amide bonds. The van der Waals surface area contributed by atoms with E-state index in [0.717, 1.165) is 18.4 Å². The highest BCUT2D eigenvalue weighted by atomic mass is 35.5. The van der Waals surface area contributed by atoms with Crippen molar-refractivity contribution in [2.45, 2.75) is 110 Å². The number of rotatable bonds is 21. The maximum absolute atomic E-state index is 14.1. The summed E-state index contributed by atoms with van der Waals surface area (Å²) in [5.74, 6) is -1.23. The van der Waals surface area contributed by atoms with Crippen molar-refractivity contribution >= 4 is 35.2 Å². The second-order valence-corrected chi connectivity index (χ2v) is 15.0. The van der Waals surface area contributed by atoms with Crippen LogP contribution in [0.5, 0.6) is 0 Å². The summed E-state index contributed by atoms with van der Waals surface area (Å²) in [5, 5.41) is 6.65. The van der Waals surface area contributed by atoms with Gasteiger partial charge in [-0.15, -0.1) is 0 Å². The van der Waals surface area contributed by atoms with E-state index < -0.39 is 36.3 Å². The summed E-state index contributed by atoms with van der Waals surface area (Å²) in [6.45, 7) is 11.1. The second kappa shape index (κ2) is 21.7. The van der Waals surface area contributed by atoms with Gasteiger partial charge in [-0.05, 0) is 75.9 Å². The third kappa shape index (κ3) is 12.4. The van der Waals surface area contributed by atoms with Crippen molar-refractivity contribution in [3.63, 3.8) is 0 Å². The van der Waals surface area contributed by atoms with Crippen molar-refractivity contribution in [3.8, 4) is 0 Å². The third-order valence-corrected chi connectivity index (χ3v) is 10.7. The highest BCUT2D eigenvalue weighted by molar-refractivity contribution is 6.30. The summed E-state index contributed by atoms with van der Waals surface area (Å²) in [6, 6.07) is 5.57. The Morgan fingerprint density at radius 1 is 1.02 bits per heavy atom. The first kappa shape index (κ1) is 44.4. The molecule has 290 valence electrons. The molecule has 51 heavy (non-hydrogen) atoms. The minimum atomic E-state index is -0.822. The van der Waals surface area contributed by atoms with E-state index in [4.69, 9.17) is 26.8 Å². The van der Waals surface area contributed by atoms with Crippen LogP contribution >= 0.6 is 11.6 Å². The number of carbonyl (C=O) groups excluding carboxylic acids is 4. The maximum atomic E-state index is 14.1. The van der Waals surface area contributed by atoms with Gasteiger partial charge in [0.1, 0.15) is 6.04 Å². The van der Waals surface area contributed by atoms with Crippen LogP contribution in [0.3, 0.4) is 0 Å². The molecule has 0 aliphatic carbocycles. The summed E-state index contributed by atoms with van der Waals surface area (Å²) >= 11 is 5.99. The van der Waals surface area contributed by atoms with Crippen LogP contribution < -0.4 is 16.4 Å². The largest absolute Gasteiger partial charge is 0.379 e. The monoisotopic (exact) mass is 736 g/mol. The first-order valence-electron chi connectivity index (χ1n) is 18.4. The average molecular weight is 737 g/mol. The van der Waals surface area contributed by atoms with Crippen molar-refractivity contribution < 1.29 is 28.7 Å². The summed E-state index contributed by atoms with van der Waals surface area (Å²) in [5.41, 5.74) is 6.99. The first-order valence-corrected chi connectivity index (χ1v) is 18.8. The van der Waals surface area contributed by atoms with Gasteiger partial charge in [-0.1, -0.05) is 64.8 Å². The quantitative estimate of drug-likeness (QED) is 0.174. The van der Waals surface area contributed by atoms with Gasteiger partial charge in [0.05, 0.1) is 42.7 Å². The molecule has 8 atom stereocenters. The van der Waals surface area contributed by atoms with E-state index in [1.807, 2.05) is 82.8 Å². The van der Waals surface area contributed by atoms with Crippen LogP contribution in [-0.2, 0) is 35.1 Å². The Bertz CT molecular complexity index is 1240. The van der Waals surface area contributed by atoms with E-state index in [-0.39, 0.29) is 60.9 Å². The van der Waals surface area contributed by atoms with Gasteiger partial charge in [-0.2, -0.15) is 0 Å². The van der Waals surface area contributed by atoms with Gasteiger partial charge in [0.25, 0.3) is 0 Å². The van der Waals surface area contributed by atoms with Crippen LogP contribution in [0.2, 0.25) is 5.02 Å². The Morgan fingerprint density at radius 3 is 2.20 bits per heavy atom. The summed E-state index contributed by atoms with van der Waals surface area (Å²) in [4.78, 5) is 60.0. The van der Waals surface area contributed by atoms with Crippen molar-refractivity contribution in [1.29, 1.82) is 0 Å². The standard InChI is InChI=1S/C38H65ClN6O6/c1-11-25(4)34(44(8)38(49)29(18-20-40)42-37(48)33(24(2)3)43(6)7)31(50-9)23-32(46)45-22-12-13-30(45)35(51-10)26(5)36(47)41-21-19-27-14-16-28(39)17-15-27/h14-17,24-26,29-31,33-35H,11-13,18-23,40H2,1-10H3,(H,41,47)(H,42,48)/t25?,26?,29?,30-,31?,33?,34?,35?/m0/s1. The molecule has 1 fully saturated rings. The van der Waals surface area contributed by atoms with Crippen molar-refractivity contribution in [1.82, 2.24) is 25.3 Å². The fraction of sp³-hybridized carbons (Fsp3) is 0.737.